The molecule has 62 valence electrons. The first-order chi connectivity index (χ1) is 5.16. The van der Waals surface area contributed by atoms with Crippen LogP contribution in [0, 0.1) is 13.8 Å². The summed E-state index contributed by atoms with van der Waals surface area (Å²) in [5, 5.41) is 7.00. The third kappa shape index (κ3) is 1.43. The summed E-state index contributed by atoms with van der Waals surface area (Å²) in [7, 11) is 0. The third-order valence-electron chi connectivity index (χ3n) is 2.00. The van der Waals surface area contributed by atoms with Crippen molar-refractivity contribution in [3.63, 3.8) is 0 Å². The fourth-order valence-corrected chi connectivity index (χ4v) is 1.31. The van der Waals surface area contributed by atoms with Crippen LogP contribution in [0.3, 0.4) is 0 Å². The van der Waals surface area contributed by atoms with Gasteiger partial charge in [-0.25, -0.2) is 0 Å². The summed E-state index contributed by atoms with van der Waals surface area (Å²) in [6, 6.07) is 0.133. The zero-order chi connectivity index (χ0) is 8.43. The maximum Gasteiger partial charge on any atom is 0.0641 e. The van der Waals surface area contributed by atoms with Gasteiger partial charge in [0, 0.05) is 17.3 Å². The lowest BCUT2D eigenvalue weighted by Gasteiger charge is -2.07. The highest BCUT2D eigenvalue weighted by Gasteiger charge is 2.11. The van der Waals surface area contributed by atoms with Crippen LogP contribution in [0.4, 0.5) is 0 Å². The molecule has 3 N–H and O–H groups in total. The van der Waals surface area contributed by atoms with Gasteiger partial charge in [0.15, 0.2) is 0 Å². The first-order valence-corrected chi connectivity index (χ1v) is 3.93. The molecule has 3 nitrogen and oxygen atoms in total. The number of aromatic nitrogens is 2. The van der Waals surface area contributed by atoms with E-state index in [-0.39, 0.29) is 6.04 Å². The van der Waals surface area contributed by atoms with Crippen LogP contribution >= 0.6 is 0 Å². The SMILES string of the molecule is CCC(N)c1c(C)n[nH]c1C. The number of aromatic amines is 1. The molecule has 1 rings (SSSR count). The number of aryl methyl sites for hydroxylation is 2. The van der Waals surface area contributed by atoms with Gasteiger partial charge in [0.05, 0.1) is 5.69 Å². The molecule has 0 radical (unpaired) electrons. The first-order valence-electron chi connectivity index (χ1n) is 3.93. The predicted molar refractivity (Wildman–Crippen MR) is 45.3 cm³/mol. The van der Waals surface area contributed by atoms with E-state index in [9.17, 15) is 0 Å². The molecule has 0 aromatic carbocycles. The number of H-pyrrole nitrogens is 1. The second kappa shape index (κ2) is 3.05. The van der Waals surface area contributed by atoms with Crippen LogP contribution in [0.1, 0.15) is 36.3 Å². The Balaban J connectivity index is 3.00. The molecule has 0 saturated heterocycles. The molecule has 11 heavy (non-hydrogen) atoms. The molecule has 0 aliphatic carbocycles. The maximum atomic E-state index is 5.88. The number of nitrogens with one attached hydrogen (secondary N) is 1. The number of rotatable bonds is 2. The van der Waals surface area contributed by atoms with Gasteiger partial charge in [-0.1, -0.05) is 6.92 Å². The van der Waals surface area contributed by atoms with E-state index < -0.39 is 0 Å². The molecule has 1 aromatic heterocycles. The summed E-state index contributed by atoms with van der Waals surface area (Å²) in [5.74, 6) is 0. The average molecular weight is 153 g/mol. The number of hydrogen-bond acceptors (Lipinski definition) is 2. The second-order valence-electron chi connectivity index (χ2n) is 2.86. The van der Waals surface area contributed by atoms with E-state index in [1.807, 2.05) is 13.8 Å². The van der Waals surface area contributed by atoms with Crippen molar-refractivity contribution in [2.24, 2.45) is 5.73 Å². The fourth-order valence-electron chi connectivity index (χ4n) is 1.31. The van der Waals surface area contributed by atoms with Crippen molar-refractivity contribution in [3.05, 3.63) is 17.0 Å². The van der Waals surface area contributed by atoms with Crippen LogP contribution in [-0.4, -0.2) is 10.2 Å². The smallest absolute Gasteiger partial charge is 0.0641 e. The number of nitrogens with two attached hydrogens (primary N) is 1. The van der Waals surface area contributed by atoms with E-state index in [0.717, 1.165) is 17.8 Å². The molecule has 0 amide bonds. The fraction of sp³-hybridized carbons (Fsp3) is 0.625. The lowest BCUT2D eigenvalue weighted by atomic mass is 10.0. The van der Waals surface area contributed by atoms with Crippen molar-refractivity contribution in [2.75, 3.05) is 0 Å². The van der Waals surface area contributed by atoms with Crippen molar-refractivity contribution in [3.8, 4) is 0 Å². The van der Waals surface area contributed by atoms with Gasteiger partial charge in [-0.3, -0.25) is 5.10 Å². The Hall–Kier alpha value is -0.830. The second-order valence-corrected chi connectivity index (χ2v) is 2.86. The minimum Gasteiger partial charge on any atom is -0.324 e. The summed E-state index contributed by atoms with van der Waals surface area (Å²) >= 11 is 0. The summed E-state index contributed by atoms with van der Waals surface area (Å²) < 4.78 is 0. The van der Waals surface area contributed by atoms with Gasteiger partial charge >= 0.3 is 0 Å². The van der Waals surface area contributed by atoms with E-state index in [2.05, 4.69) is 17.1 Å². The number of nitrogens with zero attached hydrogens (tertiary/aromatic N) is 1. The molecular weight excluding hydrogens is 138 g/mol. The molecule has 1 atom stereocenters. The van der Waals surface area contributed by atoms with E-state index in [0.29, 0.717) is 0 Å². The summed E-state index contributed by atoms with van der Waals surface area (Å²) in [4.78, 5) is 0. The quantitative estimate of drug-likeness (QED) is 0.675. The van der Waals surface area contributed by atoms with Gasteiger partial charge in [0.25, 0.3) is 0 Å². The average Bonchev–Trinajstić information content (AvgIpc) is 2.30. The normalized spacial score (nSPS) is 13.5. The van der Waals surface area contributed by atoms with Gasteiger partial charge in [-0.05, 0) is 20.3 Å². The molecule has 0 aliphatic rings. The lowest BCUT2D eigenvalue weighted by Crippen LogP contribution is -2.10. The standard InChI is InChI=1S/C8H15N3/c1-4-7(9)8-5(2)10-11-6(8)3/h7H,4,9H2,1-3H3,(H,10,11). The first kappa shape index (κ1) is 8.27. The van der Waals surface area contributed by atoms with Crippen LogP contribution in [0.25, 0.3) is 0 Å². The predicted octanol–water partition coefficient (Wildman–Crippen LogP) is 1.44. The summed E-state index contributed by atoms with van der Waals surface area (Å²) in [6.45, 7) is 6.07. The Labute approximate surface area is 67.0 Å². The minimum atomic E-state index is 0.133. The van der Waals surface area contributed by atoms with Gasteiger partial charge in [-0.15, -0.1) is 0 Å². The highest BCUT2D eigenvalue weighted by molar-refractivity contribution is 5.26. The Kier molecular flexibility index (Phi) is 2.29. The maximum absolute atomic E-state index is 5.88. The largest absolute Gasteiger partial charge is 0.324 e. The molecule has 0 fully saturated rings. The molecule has 1 aromatic rings. The minimum absolute atomic E-state index is 0.133. The van der Waals surface area contributed by atoms with E-state index >= 15 is 0 Å². The highest BCUT2D eigenvalue weighted by Crippen LogP contribution is 2.19. The third-order valence-corrected chi connectivity index (χ3v) is 2.00. The summed E-state index contributed by atoms with van der Waals surface area (Å²) in [6.07, 6.45) is 0.960. The van der Waals surface area contributed by atoms with Crippen LogP contribution in [0.2, 0.25) is 0 Å². The van der Waals surface area contributed by atoms with E-state index in [1.165, 1.54) is 5.56 Å². The monoisotopic (exact) mass is 153 g/mol. The van der Waals surface area contributed by atoms with Crippen LogP contribution < -0.4 is 5.73 Å². The zero-order valence-electron chi connectivity index (χ0n) is 7.31. The highest BCUT2D eigenvalue weighted by atomic mass is 15.1. The molecule has 3 heteroatoms. The van der Waals surface area contributed by atoms with Crippen LogP contribution in [0.5, 0.6) is 0 Å². The molecule has 0 spiro atoms. The van der Waals surface area contributed by atoms with Crippen molar-refractivity contribution in [1.82, 2.24) is 10.2 Å². The molecule has 0 bridgehead atoms. The van der Waals surface area contributed by atoms with E-state index in [1.54, 1.807) is 0 Å². The van der Waals surface area contributed by atoms with Crippen LogP contribution in [-0.2, 0) is 0 Å². The Morgan fingerprint density at radius 2 is 2.18 bits per heavy atom. The lowest BCUT2D eigenvalue weighted by molar-refractivity contribution is 0.690. The Bertz CT molecular complexity index is 220. The Morgan fingerprint density at radius 1 is 1.55 bits per heavy atom. The zero-order valence-corrected chi connectivity index (χ0v) is 7.31. The van der Waals surface area contributed by atoms with Gasteiger partial charge < -0.3 is 5.73 Å². The van der Waals surface area contributed by atoms with Gasteiger partial charge in [0.2, 0.25) is 0 Å². The molecule has 1 heterocycles. The summed E-state index contributed by atoms with van der Waals surface area (Å²) in [5.41, 5.74) is 9.17. The molecule has 0 aliphatic heterocycles. The van der Waals surface area contributed by atoms with Crippen molar-refractivity contribution in [1.29, 1.82) is 0 Å². The molecular formula is C8H15N3. The molecule has 0 saturated carbocycles. The Morgan fingerprint density at radius 3 is 2.55 bits per heavy atom. The van der Waals surface area contributed by atoms with Crippen molar-refractivity contribution < 1.29 is 0 Å². The van der Waals surface area contributed by atoms with Crippen LogP contribution in [0.15, 0.2) is 0 Å². The number of hydrogen-bond donors (Lipinski definition) is 2. The van der Waals surface area contributed by atoms with E-state index in [4.69, 9.17) is 5.73 Å². The van der Waals surface area contributed by atoms with Crippen molar-refractivity contribution >= 4 is 0 Å². The van der Waals surface area contributed by atoms with Gasteiger partial charge in [-0.2, -0.15) is 5.10 Å². The van der Waals surface area contributed by atoms with Gasteiger partial charge in [0.1, 0.15) is 0 Å². The van der Waals surface area contributed by atoms with Crippen molar-refractivity contribution in [2.45, 2.75) is 33.2 Å². The molecule has 1 unspecified atom stereocenters. The topological polar surface area (TPSA) is 54.7 Å².